The van der Waals surface area contributed by atoms with Crippen LogP contribution in [-0.2, 0) is 23.1 Å². The van der Waals surface area contributed by atoms with Crippen LogP contribution in [0.4, 0.5) is 0 Å². The lowest BCUT2D eigenvalue weighted by Gasteiger charge is -2.50. The first-order valence-electron chi connectivity index (χ1n) is 9.01. The minimum absolute atomic E-state index is 0.389. The van der Waals surface area contributed by atoms with Crippen LogP contribution in [0, 0.1) is 0 Å². The molecule has 0 heterocycles. The maximum absolute atomic E-state index is 10.4. The van der Waals surface area contributed by atoms with Crippen LogP contribution in [0.2, 0.25) is 58.9 Å². The summed E-state index contributed by atoms with van der Waals surface area (Å²) in [6.07, 6.45) is 0.836. The molecule has 0 saturated heterocycles. The van der Waals surface area contributed by atoms with Crippen molar-refractivity contribution in [2.75, 3.05) is 13.2 Å². The van der Waals surface area contributed by atoms with E-state index in [1.807, 2.05) is 46.2 Å². The Bertz CT molecular complexity index is 404. The second-order valence-corrected chi connectivity index (χ2v) is 24.0. The van der Waals surface area contributed by atoms with Crippen LogP contribution in [0.5, 0.6) is 0 Å². The lowest BCUT2D eigenvalue weighted by atomic mass is 10.3. The van der Waals surface area contributed by atoms with Gasteiger partial charge in [-0.2, -0.15) is 0 Å². The van der Waals surface area contributed by atoms with Gasteiger partial charge in [0.1, 0.15) is 6.61 Å². The Morgan fingerprint density at radius 3 is 1.64 bits per heavy atom. The van der Waals surface area contributed by atoms with Gasteiger partial charge in [0, 0.05) is 6.61 Å². The lowest BCUT2D eigenvalue weighted by molar-refractivity contribution is -0.438. The average Bonchev–Trinajstić information content (AvgIpc) is 2.37. The second kappa shape index (κ2) is 9.21. The van der Waals surface area contributed by atoms with Crippen LogP contribution in [0.15, 0.2) is 0 Å². The van der Waals surface area contributed by atoms with E-state index in [2.05, 4.69) is 19.6 Å². The number of aliphatic hydroxyl groups excluding tert-OH is 1. The van der Waals surface area contributed by atoms with Crippen LogP contribution >= 0.6 is 0 Å². The van der Waals surface area contributed by atoms with Crippen molar-refractivity contribution in [1.29, 1.82) is 0 Å². The van der Waals surface area contributed by atoms with E-state index in [1.165, 1.54) is 0 Å². The van der Waals surface area contributed by atoms with Gasteiger partial charge in [0.2, 0.25) is 8.32 Å². The molecular weight excluding hydrogens is 389 g/mol. The molecule has 0 aromatic rings. The van der Waals surface area contributed by atoms with Crippen molar-refractivity contribution >= 4 is 35.2 Å². The van der Waals surface area contributed by atoms with Gasteiger partial charge >= 0.3 is 0 Å². The van der Waals surface area contributed by atoms with E-state index in [1.54, 1.807) is 0 Å². The standard InChI is InChI=1S/C15H40O6Si4/c1-11-12-17-15(22,20-24(5,6)7)14(13-16,19-23(2,3)4)18-21-25(8,9)10/h16H,11-13H2,1-10,22H3. The van der Waals surface area contributed by atoms with Gasteiger partial charge in [0.15, 0.2) is 22.0 Å². The number of ether oxygens (including phenoxy) is 1. The summed E-state index contributed by atoms with van der Waals surface area (Å²) in [6.45, 7) is 20.6. The molecule has 0 spiro atoms. The maximum atomic E-state index is 10.4. The maximum Gasteiger partial charge on any atom is 0.262 e. The number of hydrogen-bond acceptors (Lipinski definition) is 6. The third-order valence-corrected chi connectivity index (χ3v) is 7.07. The SMILES string of the molecule is CCCOC([SiH3])(O[Si](C)(C)C)C(CO)(OO[Si](C)(C)C)O[Si](C)(C)C. The molecule has 0 aromatic carbocycles. The second-order valence-electron chi connectivity index (χ2n) is 9.41. The summed E-state index contributed by atoms with van der Waals surface area (Å²) in [4.78, 5) is 5.86. The van der Waals surface area contributed by atoms with E-state index in [0.717, 1.165) is 6.42 Å². The topological polar surface area (TPSA) is 66.4 Å². The minimum atomic E-state index is -2.11. The molecule has 0 amide bonds. The Labute approximate surface area is 160 Å². The molecule has 2 unspecified atom stereocenters. The molecular formula is C15H40O6Si4. The highest BCUT2D eigenvalue weighted by Crippen LogP contribution is 2.36. The molecule has 0 saturated carbocycles. The summed E-state index contributed by atoms with van der Waals surface area (Å²) in [5.41, 5.74) is -1.14. The number of rotatable bonds is 12. The predicted molar refractivity (Wildman–Crippen MR) is 113 cm³/mol. The lowest BCUT2D eigenvalue weighted by Crippen LogP contribution is -2.68. The molecule has 6 nitrogen and oxygen atoms in total. The molecule has 0 aliphatic carbocycles. The normalized spacial score (nSPS) is 18.8. The van der Waals surface area contributed by atoms with Gasteiger partial charge < -0.3 is 18.7 Å². The minimum Gasteiger partial charge on any atom is -0.391 e. The quantitative estimate of drug-likeness (QED) is 0.223. The van der Waals surface area contributed by atoms with Crippen LogP contribution in [0.25, 0.3) is 0 Å². The summed E-state index contributed by atoms with van der Waals surface area (Å²) >= 11 is 0. The molecule has 2 atom stereocenters. The van der Waals surface area contributed by atoms with E-state index in [4.69, 9.17) is 23.1 Å². The van der Waals surface area contributed by atoms with E-state index >= 15 is 0 Å². The Morgan fingerprint density at radius 1 is 0.840 bits per heavy atom. The van der Waals surface area contributed by atoms with Gasteiger partial charge in [0.25, 0.3) is 5.79 Å². The van der Waals surface area contributed by atoms with Gasteiger partial charge in [0.05, 0.1) is 10.2 Å². The Balaban J connectivity index is 6.01. The van der Waals surface area contributed by atoms with Crippen molar-refractivity contribution in [3.05, 3.63) is 0 Å². The zero-order chi connectivity index (χ0) is 20.2. The predicted octanol–water partition coefficient (Wildman–Crippen LogP) is 2.61. The van der Waals surface area contributed by atoms with Crippen LogP contribution in [0.3, 0.4) is 0 Å². The van der Waals surface area contributed by atoms with Crippen molar-refractivity contribution in [2.24, 2.45) is 0 Å². The molecule has 10 heteroatoms. The fourth-order valence-corrected chi connectivity index (χ4v) is 7.80. The fraction of sp³-hybridized carbons (Fsp3) is 1.00. The fourth-order valence-electron chi connectivity index (χ4n) is 2.17. The smallest absolute Gasteiger partial charge is 0.262 e. The summed E-state index contributed by atoms with van der Waals surface area (Å²) in [7, 11) is -5.66. The van der Waals surface area contributed by atoms with Crippen LogP contribution in [0.1, 0.15) is 13.3 Å². The van der Waals surface area contributed by atoms with Gasteiger partial charge in [-0.15, -0.1) is 0 Å². The zero-order valence-electron chi connectivity index (χ0n) is 18.1. The van der Waals surface area contributed by atoms with E-state index < -0.39 is 36.1 Å². The summed E-state index contributed by atoms with van der Waals surface area (Å²) in [6, 6.07) is 0. The average molecular weight is 429 g/mol. The molecule has 0 aliphatic rings. The molecule has 25 heavy (non-hydrogen) atoms. The van der Waals surface area contributed by atoms with Crippen LogP contribution < -0.4 is 0 Å². The van der Waals surface area contributed by atoms with E-state index in [0.29, 0.717) is 16.8 Å². The van der Waals surface area contributed by atoms with Crippen molar-refractivity contribution in [3.8, 4) is 0 Å². The molecule has 0 radical (unpaired) electrons. The summed E-state index contributed by atoms with van der Waals surface area (Å²) in [5, 5.41) is 10.4. The van der Waals surface area contributed by atoms with Gasteiger partial charge in [-0.1, -0.05) is 6.92 Å². The number of hydrogen-bond donors (Lipinski definition) is 1. The highest BCUT2D eigenvalue weighted by Gasteiger charge is 2.57. The van der Waals surface area contributed by atoms with Crippen LogP contribution in [-0.4, -0.2) is 64.7 Å². The van der Waals surface area contributed by atoms with Gasteiger partial charge in [-0.05, 0) is 65.3 Å². The van der Waals surface area contributed by atoms with Crippen molar-refractivity contribution in [3.63, 3.8) is 0 Å². The highest BCUT2D eigenvalue weighted by molar-refractivity contribution is 6.71. The third kappa shape index (κ3) is 9.40. The Morgan fingerprint density at radius 2 is 1.32 bits per heavy atom. The van der Waals surface area contributed by atoms with E-state index in [-0.39, 0.29) is 6.61 Å². The Hall–Kier alpha value is 0.628. The highest BCUT2D eigenvalue weighted by atomic mass is 28.4. The molecule has 0 fully saturated rings. The first-order valence-corrected chi connectivity index (χ1v) is 20.2. The molecule has 0 bridgehead atoms. The zero-order valence-corrected chi connectivity index (χ0v) is 23.1. The molecule has 0 aromatic heterocycles. The third-order valence-electron chi connectivity index (χ3n) is 2.88. The van der Waals surface area contributed by atoms with Gasteiger partial charge in [-0.25, -0.2) is 4.89 Å². The first-order chi connectivity index (χ1) is 11.0. The monoisotopic (exact) mass is 428 g/mol. The van der Waals surface area contributed by atoms with Crippen molar-refractivity contribution in [2.45, 2.75) is 83.5 Å². The summed E-state index contributed by atoms with van der Waals surface area (Å²) in [5.74, 6) is -1.47. The van der Waals surface area contributed by atoms with Gasteiger partial charge in [-0.3, -0.25) is 4.58 Å². The molecule has 1 N–H and O–H groups in total. The molecule has 0 aliphatic heterocycles. The first kappa shape index (κ1) is 25.6. The largest absolute Gasteiger partial charge is 0.391 e. The molecule has 152 valence electrons. The Kier molecular flexibility index (Phi) is 9.45. The van der Waals surface area contributed by atoms with Crippen molar-refractivity contribution in [1.82, 2.24) is 0 Å². The number of aliphatic hydroxyl groups is 1. The van der Waals surface area contributed by atoms with Crippen molar-refractivity contribution < 1.29 is 28.2 Å². The summed E-state index contributed by atoms with van der Waals surface area (Å²) < 4.78 is 24.6. The molecule has 0 rings (SSSR count). The van der Waals surface area contributed by atoms with E-state index in [9.17, 15) is 5.11 Å².